The lowest BCUT2D eigenvalue weighted by atomic mass is 10.1. The molecule has 23 heavy (non-hydrogen) atoms. The Morgan fingerprint density at radius 3 is 2.74 bits per heavy atom. The summed E-state index contributed by atoms with van der Waals surface area (Å²) in [5.41, 5.74) is 2.24. The summed E-state index contributed by atoms with van der Waals surface area (Å²) in [5.74, 6) is 2.04. The van der Waals surface area contributed by atoms with E-state index < -0.39 is 0 Å². The van der Waals surface area contributed by atoms with Gasteiger partial charge in [0.1, 0.15) is 17.6 Å². The van der Waals surface area contributed by atoms with Crippen LogP contribution < -0.4 is 5.32 Å². The van der Waals surface area contributed by atoms with Crippen molar-refractivity contribution >= 4 is 11.0 Å². The van der Waals surface area contributed by atoms with Gasteiger partial charge in [0.15, 0.2) is 0 Å². The number of benzene rings is 1. The molecule has 1 saturated heterocycles. The van der Waals surface area contributed by atoms with Gasteiger partial charge in [0.25, 0.3) is 0 Å². The number of aromatic nitrogens is 2. The second kappa shape index (κ2) is 6.18. The Kier molecular flexibility index (Phi) is 3.89. The highest BCUT2D eigenvalue weighted by molar-refractivity contribution is 5.76. The number of furan rings is 1. The van der Waals surface area contributed by atoms with Crippen molar-refractivity contribution in [1.29, 1.82) is 0 Å². The smallest absolute Gasteiger partial charge is 0.135 e. The molecule has 120 valence electrons. The summed E-state index contributed by atoms with van der Waals surface area (Å²) in [7, 11) is 0. The van der Waals surface area contributed by atoms with E-state index in [0.717, 1.165) is 49.8 Å². The van der Waals surface area contributed by atoms with E-state index in [1.54, 1.807) is 6.26 Å². The molecule has 0 radical (unpaired) electrons. The van der Waals surface area contributed by atoms with Crippen molar-refractivity contribution in [2.24, 2.45) is 0 Å². The minimum absolute atomic E-state index is 0.0689. The van der Waals surface area contributed by atoms with Gasteiger partial charge in [0.05, 0.1) is 17.3 Å². The zero-order chi connectivity index (χ0) is 15.6. The van der Waals surface area contributed by atoms with Gasteiger partial charge in [0.2, 0.25) is 0 Å². The molecule has 5 heteroatoms. The predicted molar refractivity (Wildman–Crippen MR) is 90.4 cm³/mol. The Bertz CT molecular complexity index is 772. The van der Waals surface area contributed by atoms with Crippen LogP contribution >= 0.6 is 0 Å². The molecule has 1 atom stereocenters. The second-order valence-electron chi connectivity index (χ2n) is 5.91. The first-order chi connectivity index (χ1) is 11.4. The Morgan fingerprint density at radius 1 is 1.17 bits per heavy atom. The van der Waals surface area contributed by atoms with Gasteiger partial charge in [-0.25, -0.2) is 4.98 Å². The van der Waals surface area contributed by atoms with Gasteiger partial charge >= 0.3 is 0 Å². The number of hydrogen-bond donors (Lipinski definition) is 1. The SMILES string of the molecule is CCn1c(C(c2ccco2)N2CCNCC2)nc2ccccc21. The number of fused-ring (bicyclic) bond motifs is 1. The van der Waals surface area contributed by atoms with Gasteiger partial charge in [-0.1, -0.05) is 12.1 Å². The van der Waals surface area contributed by atoms with E-state index in [2.05, 4.69) is 46.0 Å². The number of rotatable bonds is 4. The third kappa shape index (κ3) is 2.56. The first kappa shape index (κ1) is 14.5. The van der Waals surface area contributed by atoms with Crippen molar-refractivity contribution in [3.63, 3.8) is 0 Å². The molecule has 0 aliphatic carbocycles. The molecule has 1 aromatic carbocycles. The van der Waals surface area contributed by atoms with Crippen LogP contribution in [0.2, 0.25) is 0 Å². The lowest BCUT2D eigenvalue weighted by Gasteiger charge is -2.33. The molecule has 0 saturated carbocycles. The fraction of sp³-hybridized carbons (Fsp3) is 0.389. The van der Waals surface area contributed by atoms with Crippen LogP contribution in [0.5, 0.6) is 0 Å². The molecule has 0 amide bonds. The Hall–Kier alpha value is -2.11. The van der Waals surface area contributed by atoms with Crippen LogP contribution in [-0.4, -0.2) is 40.6 Å². The quantitative estimate of drug-likeness (QED) is 0.805. The molecule has 0 spiro atoms. The van der Waals surface area contributed by atoms with E-state index in [1.807, 2.05) is 12.1 Å². The van der Waals surface area contributed by atoms with Gasteiger partial charge in [-0.05, 0) is 31.2 Å². The lowest BCUT2D eigenvalue weighted by molar-refractivity contribution is 0.171. The fourth-order valence-electron chi connectivity index (χ4n) is 3.49. The molecule has 4 rings (SSSR count). The summed E-state index contributed by atoms with van der Waals surface area (Å²) in [5, 5.41) is 3.42. The van der Waals surface area contributed by atoms with Gasteiger partial charge in [0, 0.05) is 32.7 Å². The first-order valence-corrected chi connectivity index (χ1v) is 8.32. The number of nitrogens with one attached hydrogen (secondary N) is 1. The highest BCUT2D eigenvalue weighted by Gasteiger charge is 2.30. The topological polar surface area (TPSA) is 46.2 Å². The number of hydrogen-bond acceptors (Lipinski definition) is 4. The number of nitrogens with zero attached hydrogens (tertiary/aromatic N) is 3. The summed E-state index contributed by atoms with van der Waals surface area (Å²) < 4.78 is 8.09. The summed E-state index contributed by atoms with van der Waals surface area (Å²) >= 11 is 0. The number of para-hydroxylation sites is 2. The summed E-state index contributed by atoms with van der Waals surface area (Å²) in [6.45, 7) is 7.08. The molecule has 1 aliphatic rings. The van der Waals surface area contributed by atoms with Gasteiger partial charge in [-0.3, -0.25) is 4.90 Å². The number of imidazole rings is 1. The van der Waals surface area contributed by atoms with E-state index in [1.165, 1.54) is 5.52 Å². The number of aryl methyl sites for hydroxylation is 1. The average molecular weight is 310 g/mol. The molecule has 2 aromatic heterocycles. The number of piperazine rings is 1. The van der Waals surface area contributed by atoms with E-state index in [0.29, 0.717) is 0 Å². The van der Waals surface area contributed by atoms with Crippen LogP contribution in [-0.2, 0) is 6.54 Å². The highest BCUT2D eigenvalue weighted by Crippen LogP contribution is 2.31. The fourth-order valence-corrected chi connectivity index (χ4v) is 3.49. The third-order valence-corrected chi connectivity index (χ3v) is 4.57. The van der Waals surface area contributed by atoms with Crippen LogP contribution in [0.25, 0.3) is 11.0 Å². The van der Waals surface area contributed by atoms with Crippen molar-refractivity contribution in [2.75, 3.05) is 26.2 Å². The Morgan fingerprint density at radius 2 is 2.00 bits per heavy atom. The molecule has 3 heterocycles. The zero-order valence-corrected chi connectivity index (χ0v) is 13.4. The van der Waals surface area contributed by atoms with Crippen molar-refractivity contribution in [2.45, 2.75) is 19.5 Å². The van der Waals surface area contributed by atoms with Crippen LogP contribution in [0.3, 0.4) is 0 Å². The largest absolute Gasteiger partial charge is 0.467 e. The predicted octanol–water partition coefficient (Wildman–Crippen LogP) is 2.64. The lowest BCUT2D eigenvalue weighted by Crippen LogP contribution is -2.46. The van der Waals surface area contributed by atoms with Gasteiger partial charge in [-0.15, -0.1) is 0 Å². The first-order valence-electron chi connectivity index (χ1n) is 8.32. The van der Waals surface area contributed by atoms with E-state index in [4.69, 9.17) is 9.40 Å². The average Bonchev–Trinajstić information content (AvgIpc) is 3.24. The zero-order valence-electron chi connectivity index (χ0n) is 13.4. The minimum Gasteiger partial charge on any atom is -0.467 e. The normalized spacial score (nSPS) is 17.6. The maximum absolute atomic E-state index is 5.78. The standard InChI is InChI=1S/C18H22N4O/c1-2-22-15-7-4-3-6-14(15)20-18(22)17(16-8-5-13-23-16)21-11-9-19-10-12-21/h3-8,13,17,19H,2,9-12H2,1H3. The Balaban J connectivity index is 1.85. The maximum Gasteiger partial charge on any atom is 0.135 e. The van der Waals surface area contributed by atoms with Crippen molar-refractivity contribution in [1.82, 2.24) is 19.8 Å². The monoisotopic (exact) mass is 310 g/mol. The van der Waals surface area contributed by atoms with Crippen LogP contribution in [0, 0.1) is 0 Å². The molecular formula is C18H22N4O. The third-order valence-electron chi connectivity index (χ3n) is 4.57. The minimum atomic E-state index is 0.0689. The molecule has 1 N–H and O–H groups in total. The van der Waals surface area contributed by atoms with Gasteiger partial charge < -0.3 is 14.3 Å². The van der Waals surface area contributed by atoms with E-state index in [9.17, 15) is 0 Å². The molecule has 3 aromatic rings. The van der Waals surface area contributed by atoms with Crippen LogP contribution in [0.1, 0.15) is 24.6 Å². The molecule has 0 bridgehead atoms. The highest BCUT2D eigenvalue weighted by atomic mass is 16.3. The second-order valence-corrected chi connectivity index (χ2v) is 5.91. The van der Waals surface area contributed by atoms with Crippen LogP contribution in [0.4, 0.5) is 0 Å². The van der Waals surface area contributed by atoms with Gasteiger partial charge in [-0.2, -0.15) is 0 Å². The summed E-state index contributed by atoms with van der Waals surface area (Å²) in [4.78, 5) is 7.42. The summed E-state index contributed by atoms with van der Waals surface area (Å²) in [6.07, 6.45) is 1.75. The summed E-state index contributed by atoms with van der Waals surface area (Å²) in [6, 6.07) is 12.4. The van der Waals surface area contributed by atoms with E-state index >= 15 is 0 Å². The van der Waals surface area contributed by atoms with Crippen molar-refractivity contribution in [3.05, 3.63) is 54.2 Å². The van der Waals surface area contributed by atoms with Crippen molar-refractivity contribution < 1.29 is 4.42 Å². The van der Waals surface area contributed by atoms with E-state index in [-0.39, 0.29) is 6.04 Å². The molecule has 5 nitrogen and oxygen atoms in total. The van der Waals surface area contributed by atoms with Crippen LogP contribution in [0.15, 0.2) is 47.1 Å². The maximum atomic E-state index is 5.78. The Labute approximate surface area is 135 Å². The molecule has 1 aliphatic heterocycles. The molecule has 1 unspecified atom stereocenters. The molecule has 1 fully saturated rings. The molecular weight excluding hydrogens is 288 g/mol. The van der Waals surface area contributed by atoms with Crippen molar-refractivity contribution in [3.8, 4) is 0 Å².